The summed E-state index contributed by atoms with van der Waals surface area (Å²) in [5.41, 5.74) is 5.03. The first-order valence-electron chi connectivity index (χ1n) is 5.39. The molecular weight excluding hydrogens is 195 g/mol. The number of likely N-dealkylation sites (N-methyl/N-ethyl adjacent to an activating group) is 1. The van der Waals surface area contributed by atoms with Crippen LogP contribution in [0.5, 0.6) is 0 Å². The molecule has 1 atom stereocenters. The second-order valence-electron chi connectivity index (χ2n) is 4.45. The first-order valence-corrected chi connectivity index (χ1v) is 5.39. The molecule has 1 rings (SSSR count). The molecule has 1 aliphatic rings. The number of rotatable bonds is 4. The van der Waals surface area contributed by atoms with E-state index in [0.29, 0.717) is 26.0 Å². The van der Waals surface area contributed by atoms with E-state index in [-0.39, 0.29) is 17.6 Å². The van der Waals surface area contributed by atoms with Crippen molar-refractivity contribution in [2.45, 2.75) is 38.5 Å². The zero-order valence-electron chi connectivity index (χ0n) is 9.79. The molecule has 0 aromatic heterocycles. The number of nitrogens with zero attached hydrogens (tertiary/aromatic N) is 1. The maximum atomic E-state index is 13.1. The summed E-state index contributed by atoms with van der Waals surface area (Å²) >= 11 is 0. The van der Waals surface area contributed by atoms with Crippen LogP contribution in [0.15, 0.2) is 11.9 Å². The summed E-state index contributed by atoms with van der Waals surface area (Å²) in [5.74, 6) is -0.115. The normalized spacial score (nSPS) is 27.3. The van der Waals surface area contributed by atoms with Crippen LogP contribution in [0.3, 0.4) is 0 Å². The molecular formula is C11H21FN2O. The van der Waals surface area contributed by atoms with Crippen LogP contribution in [0.1, 0.15) is 26.7 Å². The Labute approximate surface area is 91.1 Å². The Morgan fingerprint density at radius 3 is 2.80 bits per heavy atom. The van der Waals surface area contributed by atoms with Gasteiger partial charge in [0.05, 0.1) is 12.4 Å². The number of nitrogens with two attached hydrogens (primary N) is 1. The van der Waals surface area contributed by atoms with Crippen molar-refractivity contribution in [3.8, 4) is 0 Å². The monoisotopic (exact) mass is 216 g/mol. The predicted octanol–water partition coefficient (Wildman–Crippen LogP) is 1.65. The van der Waals surface area contributed by atoms with Gasteiger partial charge in [-0.25, -0.2) is 4.39 Å². The lowest BCUT2D eigenvalue weighted by Crippen LogP contribution is -2.40. The summed E-state index contributed by atoms with van der Waals surface area (Å²) < 4.78 is 18.7. The molecule has 4 heteroatoms. The van der Waals surface area contributed by atoms with Gasteiger partial charge in [0.2, 0.25) is 0 Å². The zero-order chi connectivity index (χ0) is 11.5. The fourth-order valence-electron chi connectivity index (χ4n) is 1.68. The van der Waals surface area contributed by atoms with Gasteiger partial charge in [-0.3, -0.25) is 4.90 Å². The van der Waals surface area contributed by atoms with Gasteiger partial charge in [0, 0.05) is 12.5 Å². The molecule has 0 radical (unpaired) electrons. The Bertz CT molecular complexity index is 241. The summed E-state index contributed by atoms with van der Waals surface area (Å²) in [6.07, 6.45) is 2.64. The zero-order valence-corrected chi connectivity index (χ0v) is 9.79. The summed E-state index contributed by atoms with van der Waals surface area (Å²) in [6.45, 7) is 5.07. The van der Waals surface area contributed by atoms with E-state index in [4.69, 9.17) is 10.5 Å². The highest BCUT2D eigenvalue weighted by atomic mass is 19.1. The third-order valence-electron chi connectivity index (χ3n) is 3.02. The van der Waals surface area contributed by atoms with Crippen molar-refractivity contribution in [2.75, 3.05) is 20.2 Å². The lowest BCUT2D eigenvalue weighted by Gasteiger charge is -2.29. The van der Waals surface area contributed by atoms with E-state index in [9.17, 15) is 4.39 Å². The van der Waals surface area contributed by atoms with E-state index in [2.05, 4.69) is 4.90 Å². The van der Waals surface area contributed by atoms with Crippen molar-refractivity contribution in [1.29, 1.82) is 0 Å². The minimum atomic E-state index is -0.233. The average molecular weight is 216 g/mol. The van der Waals surface area contributed by atoms with Crippen molar-refractivity contribution in [1.82, 2.24) is 4.90 Å². The molecule has 1 heterocycles. The van der Waals surface area contributed by atoms with Crippen LogP contribution >= 0.6 is 0 Å². The molecule has 15 heavy (non-hydrogen) atoms. The molecule has 88 valence electrons. The number of halogens is 1. The molecule has 0 aliphatic carbocycles. The van der Waals surface area contributed by atoms with Crippen molar-refractivity contribution < 1.29 is 9.13 Å². The van der Waals surface area contributed by atoms with Crippen LogP contribution in [0.4, 0.5) is 4.39 Å². The molecule has 0 bridgehead atoms. The molecule has 0 amide bonds. The highest BCUT2D eigenvalue weighted by Crippen LogP contribution is 2.27. The first kappa shape index (κ1) is 12.6. The highest BCUT2D eigenvalue weighted by molar-refractivity contribution is 4.97. The fourth-order valence-corrected chi connectivity index (χ4v) is 1.68. The van der Waals surface area contributed by atoms with Gasteiger partial charge >= 0.3 is 0 Å². The Morgan fingerprint density at radius 2 is 2.33 bits per heavy atom. The predicted molar refractivity (Wildman–Crippen MR) is 59.1 cm³/mol. The minimum Gasteiger partial charge on any atom is -0.359 e. The molecule has 1 saturated heterocycles. The van der Waals surface area contributed by atoms with Crippen molar-refractivity contribution in [3.63, 3.8) is 0 Å². The van der Waals surface area contributed by atoms with Crippen molar-refractivity contribution >= 4 is 0 Å². The second-order valence-corrected chi connectivity index (χ2v) is 4.45. The highest BCUT2D eigenvalue weighted by Gasteiger charge is 2.36. The molecule has 0 aromatic carbocycles. The third kappa shape index (κ3) is 3.26. The maximum Gasteiger partial charge on any atom is 0.116 e. The van der Waals surface area contributed by atoms with Crippen LogP contribution in [0, 0.1) is 0 Å². The molecule has 2 N–H and O–H groups in total. The topological polar surface area (TPSA) is 38.5 Å². The van der Waals surface area contributed by atoms with Crippen LogP contribution in [0.25, 0.3) is 0 Å². The van der Waals surface area contributed by atoms with E-state index in [1.165, 1.54) is 0 Å². The summed E-state index contributed by atoms with van der Waals surface area (Å²) in [5, 5.41) is 0. The number of hydrogen-bond donors (Lipinski definition) is 1. The Hall–Kier alpha value is -0.450. The largest absolute Gasteiger partial charge is 0.359 e. The molecule has 3 nitrogen and oxygen atoms in total. The van der Waals surface area contributed by atoms with Crippen molar-refractivity contribution in [3.05, 3.63) is 11.9 Å². The van der Waals surface area contributed by atoms with Crippen LogP contribution in [-0.4, -0.2) is 36.9 Å². The van der Waals surface area contributed by atoms with Gasteiger partial charge in [-0.05, 0) is 33.9 Å². The summed E-state index contributed by atoms with van der Waals surface area (Å²) in [4.78, 5) is 2.14. The lowest BCUT2D eigenvalue weighted by atomic mass is 10.1. The van der Waals surface area contributed by atoms with Crippen molar-refractivity contribution in [2.24, 2.45) is 5.73 Å². The maximum absolute atomic E-state index is 13.1. The number of ether oxygens (including phenoxy) is 1. The number of hydrogen-bond acceptors (Lipinski definition) is 3. The Kier molecular flexibility index (Phi) is 4.25. The molecule has 0 spiro atoms. The second kappa shape index (κ2) is 5.05. The van der Waals surface area contributed by atoms with Crippen LogP contribution in [0.2, 0.25) is 0 Å². The van der Waals surface area contributed by atoms with Gasteiger partial charge in [0.15, 0.2) is 0 Å². The van der Waals surface area contributed by atoms with Crippen LogP contribution < -0.4 is 5.73 Å². The molecule has 1 fully saturated rings. The first-order chi connectivity index (χ1) is 6.97. The smallest absolute Gasteiger partial charge is 0.116 e. The molecule has 0 aromatic rings. The van der Waals surface area contributed by atoms with E-state index >= 15 is 0 Å². The van der Waals surface area contributed by atoms with Gasteiger partial charge in [0.1, 0.15) is 5.72 Å². The van der Waals surface area contributed by atoms with Gasteiger partial charge in [-0.2, -0.15) is 0 Å². The molecule has 1 aliphatic heterocycles. The average Bonchev–Trinajstić information content (AvgIpc) is 2.41. The summed E-state index contributed by atoms with van der Waals surface area (Å²) in [6, 6.07) is 0.267. The SMILES string of the molecule is CN1[C@@H](C/C=C(/F)CCN)COC1(C)C. The fraction of sp³-hybridized carbons (Fsp3) is 0.818. The van der Waals surface area contributed by atoms with E-state index < -0.39 is 0 Å². The van der Waals surface area contributed by atoms with Gasteiger partial charge in [-0.1, -0.05) is 6.08 Å². The lowest BCUT2D eigenvalue weighted by molar-refractivity contribution is -0.0411. The Balaban J connectivity index is 2.44. The van der Waals surface area contributed by atoms with Gasteiger partial charge in [-0.15, -0.1) is 0 Å². The van der Waals surface area contributed by atoms with E-state index in [1.807, 2.05) is 20.9 Å². The van der Waals surface area contributed by atoms with Crippen LogP contribution in [-0.2, 0) is 4.74 Å². The van der Waals surface area contributed by atoms with E-state index in [1.54, 1.807) is 6.08 Å². The third-order valence-corrected chi connectivity index (χ3v) is 3.02. The molecule has 0 saturated carbocycles. The van der Waals surface area contributed by atoms with Gasteiger partial charge < -0.3 is 10.5 Å². The minimum absolute atomic E-state index is 0.115. The van der Waals surface area contributed by atoms with Gasteiger partial charge in [0.25, 0.3) is 0 Å². The Morgan fingerprint density at radius 1 is 1.67 bits per heavy atom. The summed E-state index contributed by atoms with van der Waals surface area (Å²) in [7, 11) is 2.01. The quantitative estimate of drug-likeness (QED) is 0.776. The molecule has 0 unspecified atom stereocenters. The van der Waals surface area contributed by atoms with E-state index in [0.717, 1.165) is 0 Å². The standard InChI is InChI=1S/C11H21FN2O/c1-11(2)14(3)10(8-15-11)5-4-9(12)6-7-13/h4,10H,5-8,13H2,1-3H3/b9-4+/t10-/m0/s1.